The maximum atomic E-state index is 4.61. The third-order valence-corrected chi connectivity index (χ3v) is 4.65. The predicted octanol–water partition coefficient (Wildman–Crippen LogP) is 5.20. The van der Waals surface area contributed by atoms with Gasteiger partial charge in [0.1, 0.15) is 0 Å². The van der Waals surface area contributed by atoms with Crippen LogP contribution in [0, 0.1) is 6.08 Å². The van der Waals surface area contributed by atoms with Gasteiger partial charge in [0, 0.05) is 23.1 Å². The largest absolute Gasteiger partial charge is 0.256 e. The summed E-state index contributed by atoms with van der Waals surface area (Å²) in [7, 11) is 0. The molecule has 0 aliphatic heterocycles. The molecule has 1 aromatic heterocycles. The van der Waals surface area contributed by atoms with E-state index in [1.807, 2.05) is 12.3 Å². The quantitative estimate of drug-likeness (QED) is 0.600. The molecule has 2 aliphatic carbocycles. The van der Waals surface area contributed by atoms with Crippen molar-refractivity contribution >= 4 is 10.9 Å². The molecule has 23 heavy (non-hydrogen) atoms. The molecule has 1 heterocycles. The number of rotatable bonds is 1. The fourth-order valence-corrected chi connectivity index (χ4v) is 3.59. The Hall–Kier alpha value is -2.93. The zero-order valence-corrected chi connectivity index (χ0v) is 12.5. The van der Waals surface area contributed by atoms with Crippen molar-refractivity contribution in [2.75, 3.05) is 0 Å². The molecular formula is C22H14N. The van der Waals surface area contributed by atoms with E-state index >= 15 is 0 Å². The Bertz CT molecular complexity index is 1020. The maximum absolute atomic E-state index is 4.61. The molecule has 1 radical (unpaired) electrons. The molecule has 5 rings (SSSR count). The summed E-state index contributed by atoms with van der Waals surface area (Å²) in [5, 5.41) is 1.17. The van der Waals surface area contributed by atoms with Crippen LogP contribution in [-0.4, -0.2) is 4.98 Å². The summed E-state index contributed by atoms with van der Waals surface area (Å²) in [6, 6.07) is 17.0. The van der Waals surface area contributed by atoms with Gasteiger partial charge in [-0.3, -0.25) is 4.98 Å². The zero-order valence-electron chi connectivity index (χ0n) is 12.5. The van der Waals surface area contributed by atoms with E-state index < -0.39 is 0 Å². The van der Waals surface area contributed by atoms with Crippen LogP contribution in [0.25, 0.3) is 22.0 Å². The molecule has 0 N–H and O–H groups in total. The number of aromatic nitrogens is 1. The molecule has 107 valence electrons. The third-order valence-electron chi connectivity index (χ3n) is 4.65. The van der Waals surface area contributed by atoms with Crippen LogP contribution in [0.3, 0.4) is 0 Å². The van der Waals surface area contributed by atoms with Gasteiger partial charge < -0.3 is 0 Å². The van der Waals surface area contributed by atoms with Crippen molar-refractivity contribution in [2.24, 2.45) is 0 Å². The van der Waals surface area contributed by atoms with Crippen molar-refractivity contribution in [1.82, 2.24) is 4.98 Å². The Labute approximate surface area is 135 Å². The first-order valence-electron chi connectivity index (χ1n) is 7.87. The highest BCUT2D eigenvalue weighted by Crippen LogP contribution is 2.43. The Morgan fingerprint density at radius 2 is 1.74 bits per heavy atom. The highest BCUT2D eigenvalue weighted by molar-refractivity contribution is 5.95. The number of allylic oxidation sites excluding steroid dienone is 5. The van der Waals surface area contributed by atoms with Crippen molar-refractivity contribution in [3.63, 3.8) is 0 Å². The van der Waals surface area contributed by atoms with Crippen LogP contribution in [0.4, 0.5) is 0 Å². The Morgan fingerprint density at radius 1 is 0.870 bits per heavy atom. The molecule has 2 aliphatic rings. The van der Waals surface area contributed by atoms with Gasteiger partial charge in [0.2, 0.25) is 0 Å². The summed E-state index contributed by atoms with van der Waals surface area (Å²) in [4.78, 5) is 4.61. The van der Waals surface area contributed by atoms with Gasteiger partial charge in [0.25, 0.3) is 0 Å². The molecule has 3 aromatic rings. The zero-order chi connectivity index (χ0) is 15.2. The molecule has 0 amide bonds. The van der Waals surface area contributed by atoms with Crippen molar-refractivity contribution in [3.8, 4) is 11.1 Å². The summed E-state index contributed by atoms with van der Waals surface area (Å²) in [6.45, 7) is 0. The number of para-hydroxylation sites is 1. The van der Waals surface area contributed by atoms with Gasteiger partial charge in [-0.15, -0.1) is 0 Å². The monoisotopic (exact) mass is 292 g/mol. The van der Waals surface area contributed by atoms with E-state index in [0.717, 1.165) is 5.52 Å². The number of benzene rings is 2. The summed E-state index contributed by atoms with van der Waals surface area (Å²) in [5.74, 6) is 0.345. The Kier molecular flexibility index (Phi) is 2.62. The van der Waals surface area contributed by atoms with E-state index in [4.69, 9.17) is 0 Å². The van der Waals surface area contributed by atoms with E-state index in [9.17, 15) is 0 Å². The minimum atomic E-state index is 0.345. The van der Waals surface area contributed by atoms with Crippen LogP contribution in [0.5, 0.6) is 0 Å². The number of hydrogen-bond acceptors (Lipinski definition) is 1. The highest BCUT2D eigenvalue weighted by Gasteiger charge is 2.25. The second-order valence-corrected chi connectivity index (χ2v) is 5.95. The number of nitrogens with zero attached hydrogens (tertiary/aromatic N) is 1. The fraction of sp³-hybridized carbons (Fsp3) is 0.0455. The molecule has 0 saturated heterocycles. The molecule has 0 saturated carbocycles. The lowest BCUT2D eigenvalue weighted by molar-refractivity contribution is 1.05. The van der Waals surface area contributed by atoms with Gasteiger partial charge in [0.05, 0.1) is 5.52 Å². The number of fused-ring (bicyclic) bond motifs is 4. The second-order valence-electron chi connectivity index (χ2n) is 5.95. The van der Waals surface area contributed by atoms with E-state index in [1.165, 1.54) is 33.2 Å². The molecular weight excluding hydrogens is 278 g/mol. The smallest absolute Gasteiger partial charge is 0.0780 e. The van der Waals surface area contributed by atoms with Crippen LogP contribution in [0.2, 0.25) is 0 Å². The topological polar surface area (TPSA) is 12.9 Å². The summed E-state index contributed by atoms with van der Waals surface area (Å²) >= 11 is 0. The fourth-order valence-electron chi connectivity index (χ4n) is 3.59. The lowest BCUT2D eigenvalue weighted by atomic mass is 9.90. The summed E-state index contributed by atoms with van der Waals surface area (Å²) < 4.78 is 0. The SMILES string of the molecule is [C]1=C2C=CC=CC2c2cccc(-c3cccc4cccnc34)c21. The summed E-state index contributed by atoms with van der Waals surface area (Å²) in [5.41, 5.74) is 7.25. The molecule has 0 spiro atoms. The minimum Gasteiger partial charge on any atom is -0.256 e. The Morgan fingerprint density at radius 3 is 2.74 bits per heavy atom. The molecule has 1 atom stereocenters. The van der Waals surface area contributed by atoms with E-state index in [1.54, 1.807) is 0 Å². The van der Waals surface area contributed by atoms with Crippen molar-refractivity contribution in [3.05, 3.63) is 102 Å². The first-order chi connectivity index (χ1) is 11.4. The normalized spacial score (nSPS) is 17.9. The standard InChI is InChI=1S/C22H14N/c1-2-9-17-16(6-1)14-21-18(17)10-4-11-19(21)20-12-3-7-15-8-5-13-23-22(15)20/h1-13,17H. The van der Waals surface area contributed by atoms with Gasteiger partial charge >= 0.3 is 0 Å². The second kappa shape index (κ2) is 4.79. The van der Waals surface area contributed by atoms with Gasteiger partial charge in [-0.1, -0.05) is 66.8 Å². The lowest BCUT2D eigenvalue weighted by Gasteiger charge is -2.14. The van der Waals surface area contributed by atoms with Crippen LogP contribution in [0.15, 0.2) is 84.6 Å². The van der Waals surface area contributed by atoms with Gasteiger partial charge in [-0.2, -0.15) is 0 Å². The highest BCUT2D eigenvalue weighted by atomic mass is 14.6. The molecule has 1 nitrogen and oxygen atoms in total. The predicted molar refractivity (Wildman–Crippen MR) is 94.1 cm³/mol. The average Bonchev–Trinajstić information content (AvgIpc) is 3.00. The van der Waals surface area contributed by atoms with E-state index in [0.29, 0.717) is 5.92 Å². The van der Waals surface area contributed by atoms with Crippen molar-refractivity contribution in [2.45, 2.75) is 5.92 Å². The third kappa shape index (κ3) is 1.83. The number of pyridine rings is 1. The molecule has 2 aromatic carbocycles. The van der Waals surface area contributed by atoms with Crippen LogP contribution in [0.1, 0.15) is 17.0 Å². The molecule has 0 fully saturated rings. The van der Waals surface area contributed by atoms with Crippen molar-refractivity contribution in [1.29, 1.82) is 0 Å². The average molecular weight is 292 g/mol. The van der Waals surface area contributed by atoms with E-state index in [2.05, 4.69) is 77.8 Å². The van der Waals surface area contributed by atoms with Crippen LogP contribution in [-0.2, 0) is 0 Å². The minimum absolute atomic E-state index is 0.345. The van der Waals surface area contributed by atoms with E-state index in [-0.39, 0.29) is 0 Å². The van der Waals surface area contributed by atoms with Gasteiger partial charge in [-0.25, -0.2) is 0 Å². The Balaban J connectivity index is 1.80. The number of hydrogen-bond donors (Lipinski definition) is 0. The molecule has 0 bridgehead atoms. The van der Waals surface area contributed by atoms with Crippen molar-refractivity contribution < 1.29 is 0 Å². The summed E-state index contributed by atoms with van der Waals surface area (Å²) in [6.07, 6.45) is 14.1. The van der Waals surface area contributed by atoms with Gasteiger partial charge in [-0.05, 0) is 34.4 Å². The van der Waals surface area contributed by atoms with Crippen LogP contribution < -0.4 is 0 Å². The lowest BCUT2D eigenvalue weighted by Crippen LogP contribution is -1.96. The van der Waals surface area contributed by atoms with Gasteiger partial charge in [0.15, 0.2) is 0 Å². The first-order valence-corrected chi connectivity index (χ1v) is 7.87. The molecule has 1 unspecified atom stereocenters. The molecule has 1 heteroatoms. The van der Waals surface area contributed by atoms with Crippen LogP contribution >= 0.6 is 0 Å². The maximum Gasteiger partial charge on any atom is 0.0780 e. The first kappa shape index (κ1) is 12.6.